The first-order valence-corrected chi connectivity index (χ1v) is 7.09. The van der Waals surface area contributed by atoms with Crippen molar-refractivity contribution in [2.24, 2.45) is 0 Å². The van der Waals surface area contributed by atoms with Crippen LogP contribution in [0.5, 0.6) is 0 Å². The summed E-state index contributed by atoms with van der Waals surface area (Å²) in [5.74, 6) is 0. The van der Waals surface area contributed by atoms with Crippen LogP contribution in [0.15, 0.2) is 15.9 Å². The Kier molecular flexibility index (Phi) is 4.42. The van der Waals surface area contributed by atoms with Gasteiger partial charge < -0.3 is 9.64 Å². The summed E-state index contributed by atoms with van der Waals surface area (Å²) < 4.78 is 5.88. The minimum Gasteiger partial charge on any atom is -0.453 e. The number of carbonyl (C=O) groups excluding carboxylic acids is 1. The zero-order valence-corrected chi connectivity index (χ0v) is 12.1. The SMILES string of the molecule is COC(=O)N1CCN(Cc2ccc(Br)s2)CC1. The van der Waals surface area contributed by atoms with E-state index in [1.807, 2.05) is 0 Å². The standard InChI is InChI=1S/C11H15BrN2O2S/c1-16-11(15)14-6-4-13(5-7-14)8-9-2-3-10(12)17-9/h2-3H,4-8H2,1H3. The first-order valence-electron chi connectivity index (χ1n) is 5.48. The van der Waals surface area contributed by atoms with Gasteiger partial charge in [0.25, 0.3) is 0 Å². The first kappa shape index (κ1) is 12.9. The zero-order valence-electron chi connectivity index (χ0n) is 9.69. The Labute approximate surface area is 113 Å². The lowest BCUT2D eigenvalue weighted by Crippen LogP contribution is -2.48. The molecule has 2 heterocycles. The molecule has 6 heteroatoms. The van der Waals surface area contributed by atoms with Gasteiger partial charge in [-0.15, -0.1) is 11.3 Å². The van der Waals surface area contributed by atoms with E-state index in [2.05, 4.69) is 33.0 Å². The molecule has 1 aliphatic rings. The molecule has 0 spiro atoms. The maximum absolute atomic E-state index is 11.3. The molecule has 1 aromatic rings. The van der Waals surface area contributed by atoms with Crippen molar-refractivity contribution in [2.45, 2.75) is 6.54 Å². The summed E-state index contributed by atoms with van der Waals surface area (Å²) in [5, 5.41) is 0. The van der Waals surface area contributed by atoms with Crippen molar-refractivity contribution in [2.75, 3.05) is 33.3 Å². The van der Waals surface area contributed by atoms with Crippen molar-refractivity contribution in [1.82, 2.24) is 9.80 Å². The van der Waals surface area contributed by atoms with Crippen LogP contribution in [0.3, 0.4) is 0 Å². The van der Waals surface area contributed by atoms with Gasteiger partial charge in [0.1, 0.15) is 0 Å². The van der Waals surface area contributed by atoms with Gasteiger partial charge in [0.05, 0.1) is 10.9 Å². The van der Waals surface area contributed by atoms with E-state index >= 15 is 0 Å². The topological polar surface area (TPSA) is 32.8 Å². The third-order valence-corrected chi connectivity index (χ3v) is 4.42. The molecule has 4 nitrogen and oxygen atoms in total. The second-order valence-corrected chi connectivity index (χ2v) is 6.49. The molecule has 2 rings (SSSR count). The van der Waals surface area contributed by atoms with Crippen LogP contribution < -0.4 is 0 Å². The highest BCUT2D eigenvalue weighted by Gasteiger charge is 2.21. The molecule has 1 aliphatic heterocycles. The molecule has 17 heavy (non-hydrogen) atoms. The summed E-state index contributed by atoms with van der Waals surface area (Å²) in [6, 6.07) is 4.21. The third kappa shape index (κ3) is 3.43. The molecule has 0 radical (unpaired) electrons. The minimum atomic E-state index is -0.219. The summed E-state index contributed by atoms with van der Waals surface area (Å²) in [6.45, 7) is 4.28. The van der Waals surface area contributed by atoms with Gasteiger partial charge in [-0.25, -0.2) is 4.79 Å². The van der Waals surface area contributed by atoms with Gasteiger partial charge in [-0.05, 0) is 28.1 Å². The van der Waals surface area contributed by atoms with E-state index in [-0.39, 0.29) is 6.09 Å². The highest BCUT2D eigenvalue weighted by atomic mass is 79.9. The lowest BCUT2D eigenvalue weighted by atomic mass is 10.3. The van der Waals surface area contributed by atoms with Gasteiger partial charge in [-0.2, -0.15) is 0 Å². The van der Waals surface area contributed by atoms with Crippen LogP contribution in [-0.2, 0) is 11.3 Å². The van der Waals surface area contributed by atoms with Crippen molar-refractivity contribution < 1.29 is 9.53 Å². The molecule has 0 saturated carbocycles. The van der Waals surface area contributed by atoms with Crippen molar-refractivity contribution in [3.63, 3.8) is 0 Å². The molecule has 0 N–H and O–H groups in total. The predicted octanol–water partition coefficient (Wildman–Crippen LogP) is 2.39. The molecule has 0 atom stereocenters. The number of piperazine rings is 1. The maximum atomic E-state index is 11.3. The molecule has 1 amide bonds. The fraction of sp³-hybridized carbons (Fsp3) is 0.545. The Hall–Kier alpha value is -0.590. The van der Waals surface area contributed by atoms with E-state index in [4.69, 9.17) is 4.74 Å². The van der Waals surface area contributed by atoms with Crippen molar-refractivity contribution in [3.05, 3.63) is 20.8 Å². The Morgan fingerprint density at radius 2 is 2.12 bits per heavy atom. The fourth-order valence-electron chi connectivity index (χ4n) is 1.87. The van der Waals surface area contributed by atoms with Crippen LogP contribution in [-0.4, -0.2) is 49.2 Å². The second-order valence-electron chi connectivity index (χ2n) is 3.94. The van der Waals surface area contributed by atoms with Crippen molar-refractivity contribution in [3.8, 4) is 0 Å². The van der Waals surface area contributed by atoms with E-state index < -0.39 is 0 Å². The molecular formula is C11H15BrN2O2S. The van der Waals surface area contributed by atoms with Crippen LogP contribution in [0.2, 0.25) is 0 Å². The highest BCUT2D eigenvalue weighted by molar-refractivity contribution is 9.11. The molecule has 1 aromatic heterocycles. The quantitative estimate of drug-likeness (QED) is 0.839. The summed E-state index contributed by atoms with van der Waals surface area (Å²) in [6.07, 6.45) is -0.219. The van der Waals surface area contributed by atoms with Gasteiger partial charge in [0.15, 0.2) is 0 Å². The third-order valence-electron chi connectivity index (χ3n) is 2.81. The summed E-state index contributed by atoms with van der Waals surface area (Å²) in [5.41, 5.74) is 0. The molecular weight excluding hydrogens is 304 g/mol. The number of rotatable bonds is 2. The number of amides is 1. The fourth-order valence-corrected chi connectivity index (χ4v) is 3.40. The lowest BCUT2D eigenvalue weighted by Gasteiger charge is -2.33. The summed E-state index contributed by atoms with van der Waals surface area (Å²) in [4.78, 5) is 16.8. The Morgan fingerprint density at radius 3 is 2.65 bits per heavy atom. The lowest BCUT2D eigenvalue weighted by molar-refractivity contribution is 0.0892. The van der Waals surface area contributed by atoms with Crippen molar-refractivity contribution in [1.29, 1.82) is 0 Å². The van der Waals surface area contributed by atoms with Crippen LogP contribution in [0.4, 0.5) is 4.79 Å². The summed E-state index contributed by atoms with van der Waals surface area (Å²) >= 11 is 5.23. The molecule has 1 saturated heterocycles. The molecule has 1 fully saturated rings. The first-order chi connectivity index (χ1) is 8.19. The summed E-state index contributed by atoms with van der Waals surface area (Å²) in [7, 11) is 1.43. The van der Waals surface area contributed by atoms with Crippen LogP contribution in [0, 0.1) is 0 Å². The average Bonchev–Trinajstić information content (AvgIpc) is 2.75. The number of halogens is 1. The van der Waals surface area contributed by atoms with E-state index in [9.17, 15) is 4.79 Å². The van der Waals surface area contributed by atoms with Crippen molar-refractivity contribution >= 4 is 33.4 Å². The van der Waals surface area contributed by atoms with Gasteiger partial charge in [-0.3, -0.25) is 4.90 Å². The second kappa shape index (κ2) is 5.84. The van der Waals surface area contributed by atoms with E-state index in [1.54, 1.807) is 16.2 Å². The van der Waals surface area contributed by atoms with E-state index in [1.165, 1.54) is 15.8 Å². The largest absolute Gasteiger partial charge is 0.453 e. The van der Waals surface area contributed by atoms with Gasteiger partial charge >= 0.3 is 6.09 Å². The molecule has 0 aromatic carbocycles. The number of carbonyl (C=O) groups is 1. The highest BCUT2D eigenvalue weighted by Crippen LogP contribution is 2.23. The number of ether oxygens (including phenoxy) is 1. The van der Waals surface area contributed by atoms with Crippen LogP contribution >= 0.6 is 27.3 Å². The average molecular weight is 319 g/mol. The van der Waals surface area contributed by atoms with Crippen LogP contribution in [0.1, 0.15) is 4.88 Å². The number of nitrogens with zero attached hydrogens (tertiary/aromatic N) is 2. The normalized spacial score (nSPS) is 17.2. The number of hydrogen-bond acceptors (Lipinski definition) is 4. The monoisotopic (exact) mass is 318 g/mol. The minimum absolute atomic E-state index is 0.219. The molecule has 0 bridgehead atoms. The zero-order chi connectivity index (χ0) is 12.3. The smallest absolute Gasteiger partial charge is 0.409 e. The number of thiophene rings is 1. The van der Waals surface area contributed by atoms with E-state index in [0.717, 1.165) is 32.7 Å². The Balaban J connectivity index is 1.81. The van der Waals surface area contributed by atoms with Gasteiger partial charge in [0, 0.05) is 37.6 Å². The van der Waals surface area contributed by atoms with Crippen LogP contribution in [0.25, 0.3) is 0 Å². The predicted molar refractivity (Wildman–Crippen MR) is 71.3 cm³/mol. The Morgan fingerprint density at radius 1 is 1.41 bits per heavy atom. The van der Waals surface area contributed by atoms with E-state index in [0.29, 0.717) is 0 Å². The Bertz CT molecular complexity index is 389. The number of hydrogen-bond donors (Lipinski definition) is 0. The number of methoxy groups -OCH3 is 1. The van der Waals surface area contributed by atoms with Gasteiger partial charge in [-0.1, -0.05) is 0 Å². The molecule has 0 aliphatic carbocycles. The molecule has 94 valence electrons. The van der Waals surface area contributed by atoms with Gasteiger partial charge in [0.2, 0.25) is 0 Å². The molecule has 0 unspecified atom stereocenters. The maximum Gasteiger partial charge on any atom is 0.409 e.